The number of nitrogens with one attached hydrogen (secondary N) is 1. The average molecular weight is 207 g/mol. The molecule has 0 unspecified atom stereocenters. The third kappa shape index (κ3) is 2.78. The first-order valence-corrected chi connectivity index (χ1v) is 5.38. The second kappa shape index (κ2) is 4.75. The van der Waals surface area contributed by atoms with Crippen LogP contribution in [0.25, 0.3) is 0 Å². The summed E-state index contributed by atoms with van der Waals surface area (Å²) >= 11 is 0. The summed E-state index contributed by atoms with van der Waals surface area (Å²) in [6.45, 7) is 0.936. The van der Waals surface area contributed by atoms with E-state index in [0.29, 0.717) is 6.04 Å². The van der Waals surface area contributed by atoms with E-state index in [-0.39, 0.29) is 12.7 Å². The molecule has 0 aliphatic heterocycles. The number of hydrogen-bond donors (Lipinski definition) is 3. The summed E-state index contributed by atoms with van der Waals surface area (Å²) in [4.78, 5) is 0. The van der Waals surface area contributed by atoms with Crippen LogP contribution in [0.5, 0.6) is 0 Å². The van der Waals surface area contributed by atoms with Gasteiger partial charge < -0.3 is 15.5 Å². The number of hydrogen-bond acceptors (Lipinski definition) is 3. The summed E-state index contributed by atoms with van der Waals surface area (Å²) in [5, 5.41) is 21.4. The lowest BCUT2D eigenvalue weighted by molar-refractivity contribution is 0.0619. The highest BCUT2D eigenvalue weighted by Crippen LogP contribution is 2.19. The van der Waals surface area contributed by atoms with Gasteiger partial charge in [-0.2, -0.15) is 0 Å². The molecule has 1 aromatic carbocycles. The van der Waals surface area contributed by atoms with Gasteiger partial charge in [-0.1, -0.05) is 24.3 Å². The minimum Gasteiger partial charge on any atom is -0.393 e. The predicted octanol–water partition coefficient (Wildman–Crippen LogP) is 0.792. The van der Waals surface area contributed by atoms with Crippen LogP contribution < -0.4 is 5.32 Å². The topological polar surface area (TPSA) is 52.5 Å². The zero-order valence-electron chi connectivity index (χ0n) is 8.69. The van der Waals surface area contributed by atoms with E-state index < -0.39 is 0 Å². The molecule has 3 heteroatoms. The quantitative estimate of drug-likeness (QED) is 0.684. The molecule has 0 spiro atoms. The van der Waals surface area contributed by atoms with E-state index >= 15 is 0 Å². The maximum absolute atomic E-state index is 9.12. The van der Waals surface area contributed by atoms with Gasteiger partial charge in [-0.15, -0.1) is 0 Å². The highest BCUT2D eigenvalue weighted by Gasteiger charge is 2.26. The Morgan fingerprint density at radius 3 is 2.27 bits per heavy atom. The first-order valence-electron chi connectivity index (χ1n) is 5.38. The fourth-order valence-corrected chi connectivity index (χ4v) is 1.78. The average Bonchev–Trinajstić information content (AvgIpc) is 2.23. The van der Waals surface area contributed by atoms with Crippen LogP contribution in [0.1, 0.15) is 24.0 Å². The van der Waals surface area contributed by atoms with Gasteiger partial charge in [-0.25, -0.2) is 0 Å². The fourth-order valence-electron chi connectivity index (χ4n) is 1.78. The standard InChI is InChI=1S/C12H17NO2/c14-8-10-3-1-9(2-4-10)7-13-11-5-12(15)6-11/h1-4,11-15H,5-8H2. The van der Waals surface area contributed by atoms with Crippen molar-refractivity contribution in [2.75, 3.05) is 0 Å². The van der Waals surface area contributed by atoms with Gasteiger partial charge in [-0.05, 0) is 24.0 Å². The molecule has 1 aromatic rings. The Balaban J connectivity index is 1.78. The van der Waals surface area contributed by atoms with Gasteiger partial charge in [0, 0.05) is 12.6 Å². The van der Waals surface area contributed by atoms with Crippen molar-refractivity contribution in [3.8, 4) is 0 Å². The normalized spacial score (nSPS) is 24.9. The van der Waals surface area contributed by atoms with Gasteiger partial charge in [0.2, 0.25) is 0 Å². The highest BCUT2D eigenvalue weighted by atomic mass is 16.3. The lowest BCUT2D eigenvalue weighted by atomic mass is 9.89. The Labute approximate surface area is 89.8 Å². The van der Waals surface area contributed by atoms with E-state index in [0.717, 1.165) is 24.9 Å². The molecule has 0 radical (unpaired) electrons. The van der Waals surface area contributed by atoms with Crippen molar-refractivity contribution in [1.82, 2.24) is 5.32 Å². The molecule has 0 atom stereocenters. The summed E-state index contributed by atoms with van der Waals surface area (Å²) in [7, 11) is 0. The molecule has 82 valence electrons. The Hall–Kier alpha value is -0.900. The van der Waals surface area contributed by atoms with E-state index in [4.69, 9.17) is 10.2 Å². The summed E-state index contributed by atoms with van der Waals surface area (Å²) in [5.74, 6) is 0. The van der Waals surface area contributed by atoms with E-state index in [9.17, 15) is 0 Å². The molecule has 15 heavy (non-hydrogen) atoms. The van der Waals surface area contributed by atoms with Crippen molar-refractivity contribution >= 4 is 0 Å². The number of aliphatic hydroxyl groups is 2. The Morgan fingerprint density at radius 1 is 1.13 bits per heavy atom. The zero-order chi connectivity index (χ0) is 10.7. The van der Waals surface area contributed by atoms with Gasteiger partial charge in [0.15, 0.2) is 0 Å². The molecular weight excluding hydrogens is 190 g/mol. The Bertz CT molecular complexity index is 304. The second-order valence-electron chi connectivity index (χ2n) is 4.18. The summed E-state index contributed by atoms with van der Waals surface area (Å²) in [6, 6.07) is 8.39. The Kier molecular flexibility index (Phi) is 3.36. The van der Waals surface area contributed by atoms with Crippen molar-refractivity contribution in [2.45, 2.75) is 38.1 Å². The summed E-state index contributed by atoms with van der Waals surface area (Å²) in [5.41, 5.74) is 2.16. The lowest BCUT2D eigenvalue weighted by Gasteiger charge is -2.32. The molecule has 0 amide bonds. The second-order valence-corrected chi connectivity index (χ2v) is 4.18. The van der Waals surface area contributed by atoms with Crippen molar-refractivity contribution < 1.29 is 10.2 Å². The maximum atomic E-state index is 9.12. The first kappa shape index (κ1) is 10.6. The highest BCUT2D eigenvalue weighted by molar-refractivity contribution is 5.21. The predicted molar refractivity (Wildman–Crippen MR) is 58.2 cm³/mol. The molecule has 2 rings (SSSR count). The molecule has 0 heterocycles. The van der Waals surface area contributed by atoms with Gasteiger partial charge >= 0.3 is 0 Å². The molecule has 1 saturated carbocycles. The third-order valence-corrected chi connectivity index (χ3v) is 2.91. The molecule has 3 nitrogen and oxygen atoms in total. The Morgan fingerprint density at radius 2 is 1.73 bits per heavy atom. The van der Waals surface area contributed by atoms with Crippen LogP contribution in [0, 0.1) is 0 Å². The maximum Gasteiger partial charge on any atom is 0.0681 e. The van der Waals surface area contributed by atoms with Crippen molar-refractivity contribution in [3.05, 3.63) is 35.4 Å². The molecule has 1 fully saturated rings. The fraction of sp³-hybridized carbons (Fsp3) is 0.500. The van der Waals surface area contributed by atoms with Crippen LogP contribution >= 0.6 is 0 Å². The largest absolute Gasteiger partial charge is 0.393 e. The van der Waals surface area contributed by atoms with Crippen LogP contribution in [0.2, 0.25) is 0 Å². The van der Waals surface area contributed by atoms with Gasteiger partial charge in [0.25, 0.3) is 0 Å². The van der Waals surface area contributed by atoms with Gasteiger partial charge in [-0.3, -0.25) is 0 Å². The lowest BCUT2D eigenvalue weighted by Crippen LogP contribution is -2.43. The first-order chi connectivity index (χ1) is 7.28. The molecule has 0 bridgehead atoms. The smallest absolute Gasteiger partial charge is 0.0681 e. The minimum atomic E-state index is -0.0979. The summed E-state index contributed by atoms with van der Waals surface area (Å²) < 4.78 is 0. The van der Waals surface area contributed by atoms with E-state index in [1.807, 2.05) is 24.3 Å². The molecule has 1 aliphatic carbocycles. The van der Waals surface area contributed by atoms with Crippen LogP contribution in [0.15, 0.2) is 24.3 Å². The third-order valence-electron chi connectivity index (χ3n) is 2.91. The van der Waals surface area contributed by atoms with Crippen LogP contribution in [0.3, 0.4) is 0 Å². The molecule has 0 aromatic heterocycles. The molecule has 0 saturated heterocycles. The van der Waals surface area contributed by atoms with Crippen molar-refractivity contribution in [2.24, 2.45) is 0 Å². The van der Waals surface area contributed by atoms with E-state index in [2.05, 4.69) is 5.32 Å². The molecule has 1 aliphatic rings. The number of benzene rings is 1. The molecule has 3 N–H and O–H groups in total. The monoisotopic (exact) mass is 207 g/mol. The number of rotatable bonds is 4. The van der Waals surface area contributed by atoms with Crippen LogP contribution in [-0.4, -0.2) is 22.4 Å². The zero-order valence-corrected chi connectivity index (χ0v) is 8.69. The SMILES string of the molecule is OCc1ccc(CNC2CC(O)C2)cc1. The molecular formula is C12H17NO2. The number of aliphatic hydroxyl groups excluding tert-OH is 2. The van der Waals surface area contributed by atoms with E-state index in [1.54, 1.807) is 0 Å². The van der Waals surface area contributed by atoms with Gasteiger partial charge in [0.1, 0.15) is 0 Å². The van der Waals surface area contributed by atoms with Crippen molar-refractivity contribution in [3.63, 3.8) is 0 Å². The van der Waals surface area contributed by atoms with Crippen LogP contribution in [-0.2, 0) is 13.2 Å². The van der Waals surface area contributed by atoms with Gasteiger partial charge in [0.05, 0.1) is 12.7 Å². The summed E-state index contributed by atoms with van der Waals surface area (Å²) in [6.07, 6.45) is 1.64. The van der Waals surface area contributed by atoms with Crippen LogP contribution in [0.4, 0.5) is 0 Å². The van der Waals surface area contributed by atoms with E-state index in [1.165, 1.54) is 5.56 Å². The minimum absolute atomic E-state index is 0.0979. The van der Waals surface area contributed by atoms with Crippen molar-refractivity contribution in [1.29, 1.82) is 0 Å².